The molecule has 1 amide bonds. The Morgan fingerprint density at radius 2 is 2.07 bits per heavy atom. The van der Waals surface area contributed by atoms with Crippen molar-refractivity contribution in [1.29, 1.82) is 0 Å². The standard InChI is InChI=1S/C11H14N2O2/c1-8-7-11(14)12-13(8)9-3-5-10(15-2)6-4-9/h3-6,8H,7H2,1-2H3,(H,12,14). The van der Waals surface area contributed by atoms with Crippen molar-refractivity contribution in [3.8, 4) is 5.75 Å². The first-order valence-electron chi connectivity index (χ1n) is 4.93. The average Bonchev–Trinajstić information content (AvgIpc) is 2.58. The summed E-state index contributed by atoms with van der Waals surface area (Å²) in [4.78, 5) is 11.2. The first-order chi connectivity index (χ1) is 7.20. The Labute approximate surface area is 88.8 Å². The van der Waals surface area contributed by atoms with E-state index in [1.54, 1.807) is 7.11 Å². The van der Waals surface area contributed by atoms with Gasteiger partial charge in [0.1, 0.15) is 5.75 Å². The zero-order valence-corrected chi connectivity index (χ0v) is 8.86. The van der Waals surface area contributed by atoms with Crippen LogP contribution in [0, 0.1) is 0 Å². The molecular weight excluding hydrogens is 192 g/mol. The van der Waals surface area contributed by atoms with Gasteiger partial charge in [-0.15, -0.1) is 0 Å². The smallest absolute Gasteiger partial charge is 0.240 e. The fourth-order valence-corrected chi connectivity index (χ4v) is 1.71. The Bertz CT molecular complexity index is 361. The molecule has 0 aliphatic carbocycles. The molecule has 4 nitrogen and oxygen atoms in total. The predicted octanol–water partition coefficient (Wildman–Crippen LogP) is 1.32. The van der Waals surface area contributed by atoms with Crippen LogP contribution in [0.25, 0.3) is 0 Å². The number of anilines is 1. The zero-order chi connectivity index (χ0) is 10.8. The Kier molecular flexibility index (Phi) is 2.49. The van der Waals surface area contributed by atoms with Crippen LogP contribution in [-0.2, 0) is 4.79 Å². The molecule has 1 N–H and O–H groups in total. The van der Waals surface area contributed by atoms with Gasteiger partial charge in [0.15, 0.2) is 0 Å². The second kappa shape index (κ2) is 3.81. The van der Waals surface area contributed by atoms with E-state index in [0.717, 1.165) is 11.4 Å². The van der Waals surface area contributed by atoms with Crippen LogP contribution in [0.2, 0.25) is 0 Å². The van der Waals surface area contributed by atoms with Gasteiger partial charge >= 0.3 is 0 Å². The molecule has 1 fully saturated rings. The van der Waals surface area contributed by atoms with Crippen LogP contribution in [0.15, 0.2) is 24.3 Å². The van der Waals surface area contributed by atoms with Crippen molar-refractivity contribution >= 4 is 11.6 Å². The number of amides is 1. The number of nitrogens with zero attached hydrogens (tertiary/aromatic N) is 1. The maximum Gasteiger partial charge on any atom is 0.240 e. The number of methoxy groups -OCH3 is 1. The molecule has 0 saturated carbocycles. The van der Waals surface area contributed by atoms with E-state index in [0.29, 0.717) is 6.42 Å². The first kappa shape index (κ1) is 9.83. The van der Waals surface area contributed by atoms with Gasteiger partial charge in [-0.3, -0.25) is 15.2 Å². The molecule has 1 aromatic rings. The van der Waals surface area contributed by atoms with Crippen molar-refractivity contribution in [2.45, 2.75) is 19.4 Å². The molecule has 1 aliphatic heterocycles. The summed E-state index contributed by atoms with van der Waals surface area (Å²) in [6.45, 7) is 2.02. The number of benzene rings is 1. The van der Waals surface area contributed by atoms with E-state index in [1.807, 2.05) is 36.2 Å². The van der Waals surface area contributed by atoms with E-state index in [1.165, 1.54) is 0 Å². The Hall–Kier alpha value is -1.71. The molecule has 4 heteroatoms. The number of hydrogen-bond acceptors (Lipinski definition) is 3. The van der Waals surface area contributed by atoms with Crippen LogP contribution in [0.4, 0.5) is 5.69 Å². The molecule has 2 rings (SSSR count). The SMILES string of the molecule is COc1ccc(N2NC(=O)CC2C)cc1. The summed E-state index contributed by atoms with van der Waals surface area (Å²) in [6.07, 6.45) is 0.548. The molecule has 0 radical (unpaired) electrons. The molecule has 15 heavy (non-hydrogen) atoms. The van der Waals surface area contributed by atoms with E-state index in [9.17, 15) is 4.79 Å². The molecule has 0 bridgehead atoms. The van der Waals surface area contributed by atoms with Gasteiger partial charge in [-0.2, -0.15) is 0 Å². The quantitative estimate of drug-likeness (QED) is 0.793. The van der Waals surface area contributed by atoms with Gasteiger partial charge in [-0.05, 0) is 31.2 Å². The highest BCUT2D eigenvalue weighted by Gasteiger charge is 2.26. The first-order valence-corrected chi connectivity index (χ1v) is 4.93. The van der Waals surface area contributed by atoms with Gasteiger partial charge < -0.3 is 4.74 Å². The van der Waals surface area contributed by atoms with Crippen molar-refractivity contribution in [3.63, 3.8) is 0 Å². The highest BCUT2D eigenvalue weighted by atomic mass is 16.5. The van der Waals surface area contributed by atoms with E-state index in [-0.39, 0.29) is 11.9 Å². The minimum absolute atomic E-state index is 0.0679. The van der Waals surface area contributed by atoms with Gasteiger partial charge in [0.25, 0.3) is 0 Å². The van der Waals surface area contributed by atoms with Crippen LogP contribution >= 0.6 is 0 Å². The maximum atomic E-state index is 11.2. The summed E-state index contributed by atoms with van der Waals surface area (Å²) in [5.74, 6) is 0.884. The van der Waals surface area contributed by atoms with Crippen LogP contribution < -0.4 is 15.2 Å². The van der Waals surface area contributed by atoms with Gasteiger partial charge in [-0.1, -0.05) is 0 Å². The fraction of sp³-hybridized carbons (Fsp3) is 0.364. The highest BCUT2D eigenvalue weighted by molar-refractivity contribution is 5.82. The number of carbonyl (C=O) groups excluding carboxylic acids is 1. The number of ether oxygens (including phenoxy) is 1. The third kappa shape index (κ3) is 1.88. The lowest BCUT2D eigenvalue weighted by Gasteiger charge is -2.22. The van der Waals surface area contributed by atoms with Gasteiger partial charge in [0, 0.05) is 0 Å². The molecule has 0 spiro atoms. The summed E-state index contributed by atoms with van der Waals surface area (Å²) < 4.78 is 5.07. The maximum absolute atomic E-state index is 11.2. The van der Waals surface area contributed by atoms with Crippen LogP contribution in [0.1, 0.15) is 13.3 Å². The Morgan fingerprint density at radius 1 is 1.40 bits per heavy atom. The van der Waals surface area contributed by atoms with E-state index >= 15 is 0 Å². The number of hydrogen-bond donors (Lipinski definition) is 1. The highest BCUT2D eigenvalue weighted by Crippen LogP contribution is 2.22. The molecule has 1 unspecified atom stereocenters. The van der Waals surface area contributed by atoms with Crippen molar-refractivity contribution in [1.82, 2.24) is 5.43 Å². The lowest BCUT2D eigenvalue weighted by atomic mass is 10.2. The van der Waals surface area contributed by atoms with Gasteiger partial charge in [0.2, 0.25) is 5.91 Å². The number of carbonyl (C=O) groups is 1. The van der Waals surface area contributed by atoms with Crippen molar-refractivity contribution in [2.24, 2.45) is 0 Å². The monoisotopic (exact) mass is 206 g/mol. The summed E-state index contributed by atoms with van der Waals surface area (Å²) in [7, 11) is 1.63. The normalized spacial score (nSPS) is 20.3. The minimum Gasteiger partial charge on any atom is -0.497 e. The van der Waals surface area contributed by atoms with Crippen molar-refractivity contribution in [3.05, 3.63) is 24.3 Å². The largest absolute Gasteiger partial charge is 0.497 e. The summed E-state index contributed by atoms with van der Waals surface area (Å²) in [5.41, 5.74) is 3.79. The third-order valence-corrected chi connectivity index (χ3v) is 2.52. The van der Waals surface area contributed by atoms with E-state index in [2.05, 4.69) is 5.43 Å². The van der Waals surface area contributed by atoms with E-state index < -0.39 is 0 Å². The molecular formula is C11H14N2O2. The van der Waals surface area contributed by atoms with Crippen LogP contribution in [0.3, 0.4) is 0 Å². The zero-order valence-electron chi connectivity index (χ0n) is 8.86. The Balaban J connectivity index is 2.19. The predicted molar refractivity (Wildman–Crippen MR) is 57.7 cm³/mol. The Morgan fingerprint density at radius 3 is 2.53 bits per heavy atom. The average molecular weight is 206 g/mol. The molecule has 1 heterocycles. The van der Waals surface area contributed by atoms with Crippen molar-refractivity contribution < 1.29 is 9.53 Å². The van der Waals surface area contributed by atoms with Gasteiger partial charge in [0.05, 0.1) is 25.3 Å². The second-order valence-electron chi connectivity index (χ2n) is 3.66. The van der Waals surface area contributed by atoms with E-state index in [4.69, 9.17) is 4.74 Å². The third-order valence-electron chi connectivity index (χ3n) is 2.52. The summed E-state index contributed by atoms with van der Waals surface area (Å²) in [5, 5.41) is 1.88. The molecule has 1 atom stereocenters. The molecule has 0 aromatic heterocycles. The fourth-order valence-electron chi connectivity index (χ4n) is 1.71. The van der Waals surface area contributed by atoms with Crippen molar-refractivity contribution in [2.75, 3.05) is 12.1 Å². The van der Waals surface area contributed by atoms with Crippen LogP contribution in [0.5, 0.6) is 5.75 Å². The summed E-state index contributed by atoms with van der Waals surface area (Å²) >= 11 is 0. The molecule has 1 aromatic carbocycles. The topological polar surface area (TPSA) is 41.6 Å². The second-order valence-corrected chi connectivity index (χ2v) is 3.66. The van der Waals surface area contributed by atoms with Gasteiger partial charge in [-0.25, -0.2) is 0 Å². The number of rotatable bonds is 2. The summed E-state index contributed by atoms with van der Waals surface area (Å²) in [6, 6.07) is 7.83. The minimum atomic E-state index is 0.0679. The number of hydrazine groups is 1. The number of nitrogens with one attached hydrogen (secondary N) is 1. The molecule has 80 valence electrons. The lowest BCUT2D eigenvalue weighted by molar-refractivity contribution is -0.119. The van der Waals surface area contributed by atoms with Crippen LogP contribution in [-0.4, -0.2) is 19.1 Å². The molecule has 1 saturated heterocycles. The molecule has 1 aliphatic rings. The lowest BCUT2D eigenvalue weighted by Crippen LogP contribution is -2.36.